The van der Waals surface area contributed by atoms with Gasteiger partial charge in [-0.15, -0.1) is 0 Å². The molecule has 7 nitrogen and oxygen atoms in total. The highest BCUT2D eigenvalue weighted by Gasteiger charge is 2.12. The molecule has 31 heavy (non-hydrogen) atoms. The van der Waals surface area contributed by atoms with Gasteiger partial charge in [0.25, 0.3) is 5.56 Å². The molecular weight excluding hydrogens is 392 g/mol. The van der Waals surface area contributed by atoms with Crippen LogP contribution in [0.3, 0.4) is 0 Å². The maximum absolute atomic E-state index is 11.8. The van der Waals surface area contributed by atoms with Crippen LogP contribution in [0.1, 0.15) is 47.3 Å². The van der Waals surface area contributed by atoms with Gasteiger partial charge in [0.2, 0.25) is 0 Å². The van der Waals surface area contributed by atoms with Crippen LogP contribution >= 0.6 is 0 Å². The van der Waals surface area contributed by atoms with E-state index in [9.17, 15) is 14.4 Å². The monoisotopic (exact) mass is 428 g/mol. The molecule has 0 fully saturated rings. The molecule has 0 unspecified atom stereocenters. The zero-order valence-corrected chi connectivity index (χ0v) is 19.9. The molecule has 0 aliphatic rings. The number of hydrogen-bond donors (Lipinski definition) is 0. The number of likely N-dealkylation sites (N-methyl/N-ethyl adjacent to an activating group) is 2. The van der Waals surface area contributed by atoms with Crippen molar-refractivity contribution in [2.24, 2.45) is 5.92 Å². The number of nitrogens with zero attached hydrogens (tertiary/aromatic N) is 4. The Morgan fingerprint density at radius 1 is 1.00 bits per heavy atom. The van der Waals surface area contributed by atoms with Gasteiger partial charge in [0.05, 0.1) is 5.56 Å². The van der Waals surface area contributed by atoms with Crippen LogP contribution in [0.15, 0.2) is 41.3 Å². The lowest BCUT2D eigenvalue weighted by atomic mass is 10.1. The van der Waals surface area contributed by atoms with E-state index >= 15 is 0 Å². The second-order valence-electron chi connectivity index (χ2n) is 8.37. The van der Waals surface area contributed by atoms with Gasteiger partial charge in [-0.2, -0.15) is 0 Å². The molecule has 0 N–H and O–H groups in total. The van der Waals surface area contributed by atoms with Gasteiger partial charge in [-0.3, -0.25) is 14.4 Å². The van der Waals surface area contributed by atoms with Gasteiger partial charge in [-0.25, -0.2) is 4.98 Å². The number of hydrogen-bond acceptors (Lipinski definition) is 6. The van der Waals surface area contributed by atoms with E-state index in [4.69, 9.17) is 0 Å². The summed E-state index contributed by atoms with van der Waals surface area (Å²) in [7, 11) is 7.95. The molecule has 0 spiro atoms. The number of pyridine rings is 2. The lowest BCUT2D eigenvalue weighted by molar-refractivity contribution is 0.0933. The molecular formula is C24H36N4O3. The zero-order valence-electron chi connectivity index (χ0n) is 19.9. The molecule has 0 aliphatic carbocycles. The molecule has 2 rings (SSSR count). The predicted molar refractivity (Wildman–Crippen MR) is 125 cm³/mol. The minimum absolute atomic E-state index is 0.0107. The van der Waals surface area contributed by atoms with E-state index in [2.05, 4.69) is 9.88 Å². The number of aromatic nitrogens is 2. The van der Waals surface area contributed by atoms with Gasteiger partial charge in [0.15, 0.2) is 11.6 Å². The molecule has 0 radical (unpaired) electrons. The molecule has 0 atom stereocenters. The third kappa shape index (κ3) is 9.36. The van der Waals surface area contributed by atoms with E-state index in [0.29, 0.717) is 12.2 Å². The van der Waals surface area contributed by atoms with E-state index in [1.807, 2.05) is 59.1 Å². The maximum atomic E-state index is 11.8. The van der Waals surface area contributed by atoms with Gasteiger partial charge in [-0.05, 0) is 59.4 Å². The predicted octanol–water partition coefficient (Wildman–Crippen LogP) is 2.64. The van der Waals surface area contributed by atoms with E-state index < -0.39 is 0 Å². The lowest BCUT2D eigenvalue weighted by Gasteiger charge is -2.11. The summed E-state index contributed by atoms with van der Waals surface area (Å²) in [5.41, 5.74) is 1.63. The fourth-order valence-electron chi connectivity index (χ4n) is 2.68. The molecule has 0 saturated carbocycles. The zero-order chi connectivity index (χ0) is 23.6. The third-order valence-corrected chi connectivity index (χ3v) is 4.59. The Bertz CT molecular complexity index is 917. The minimum Gasteiger partial charge on any atom is -0.314 e. The Morgan fingerprint density at radius 2 is 1.65 bits per heavy atom. The summed E-state index contributed by atoms with van der Waals surface area (Å²) < 4.78 is 1.57. The Kier molecular flexibility index (Phi) is 11.0. The van der Waals surface area contributed by atoms with Gasteiger partial charge >= 0.3 is 0 Å². The van der Waals surface area contributed by atoms with Gasteiger partial charge in [-0.1, -0.05) is 19.9 Å². The number of carbonyl (C=O) groups is 2. The van der Waals surface area contributed by atoms with Crippen molar-refractivity contribution in [3.63, 3.8) is 0 Å². The highest BCUT2D eigenvalue weighted by Crippen LogP contribution is 2.07. The molecule has 0 aliphatic heterocycles. The molecule has 2 aromatic rings. The van der Waals surface area contributed by atoms with Gasteiger partial charge in [0, 0.05) is 43.9 Å². The first-order chi connectivity index (χ1) is 14.5. The SMILES string of the molecule is CC(=O)c1cccn(CCN(C)C)c1=O.CC(C)C(=O)c1cccc(CCN(C)C)n1. The first-order valence-corrected chi connectivity index (χ1v) is 10.5. The van der Waals surface area contributed by atoms with Crippen molar-refractivity contribution in [3.05, 3.63) is 63.8 Å². The number of carbonyl (C=O) groups excluding carboxylic acids is 2. The average Bonchev–Trinajstić information content (AvgIpc) is 2.71. The van der Waals surface area contributed by atoms with Crippen LogP contribution in [0.5, 0.6) is 0 Å². The Hall–Kier alpha value is -2.64. The van der Waals surface area contributed by atoms with Crippen LogP contribution in [-0.4, -0.2) is 72.2 Å². The second kappa shape index (κ2) is 12.9. The summed E-state index contributed by atoms with van der Waals surface area (Å²) in [4.78, 5) is 43.1. The Labute approximate surface area is 185 Å². The van der Waals surface area contributed by atoms with E-state index in [-0.39, 0.29) is 28.6 Å². The fraction of sp³-hybridized carbons (Fsp3) is 0.500. The van der Waals surface area contributed by atoms with Crippen molar-refractivity contribution >= 4 is 11.6 Å². The summed E-state index contributed by atoms with van der Waals surface area (Å²) in [6, 6.07) is 8.97. The van der Waals surface area contributed by atoms with Gasteiger partial charge < -0.3 is 14.4 Å². The van der Waals surface area contributed by atoms with Crippen LogP contribution < -0.4 is 5.56 Å². The third-order valence-electron chi connectivity index (χ3n) is 4.59. The van der Waals surface area contributed by atoms with Crippen molar-refractivity contribution in [3.8, 4) is 0 Å². The van der Waals surface area contributed by atoms with Gasteiger partial charge in [0.1, 0.15) is 5.69 Å². The lowest BCUT2D eigenvalue weighted by Crippen LogP contribution is -2.29. The van der Waals surface area contributed by atoms with Crippen molar-refractivity contribution in [2.45, 2.75) is 33.7 Å². The van der Waals surface area contributed by atoms with Crippen molar-refractivity contribution in [2.75, 3.05) is 41.3 Å². The normalized spacial score (nSPS) is 10.9. The summed E-state index contributed by atoms with van der Waals surface area (Å²) >= 11 is 0. The number of Topliss-reactive ketones (excluding diaryl/α,β-unsaturated/α-hetero) is 2. The summed E-state index contributed by atoms with van der Waals surface area (Å²) in [5, 5.41) is 0. The van der Waals surface area contributed by atoms with Crippen LogP contribution in [-0.2, 0) is 13.0 Å². The van der Waals surface area contributed by atoms with Crippen LogP contribution in [0.25, 0.3) is 0 Å². The van der Waals surface area contributed by atoms with Crippen LogP contribution in [0.4, 0.5) is 0 Å². The molecule has 0 saturated heterocycles. The molecule has 170 valence electrons. The van der Waals surface area contributed by atoms with E-state index in [0.717, 1.165) is 25.2 Å². The molecule has 0 amide bonds. The molecule has 2 heterocycles. The molecule has 2 aromatic heterocycles. The summed E-state index contributed by atoms with van der Waals surface area (Å²) in [6.07, 6.45) is 2.59. The maximum Gasteiger partial charge on any atom is 0.261 e. The van der Waals surface area contributed by atoms with Crippen LogP contribution in [0.2, 0.25) is 0 Å². The standard InChI is InChI=1S/C13H20N2O.C11H16N2O2/c1-10(2)13(16)12-7-5-6-11(14-12)8-9-15(3)4;1-9(14)10-5-4-6-13(11(10)15)8-7-12(2)3/h5-7,10H,8-9H2,1-4H3;4-6H,7-8H2,1-3H3. The van der Waals surface area contributed by atoms with Crippen LogP contribution in [0, 0.1) is 5.92 Å². The van der Waals surface area contributed by atoms with E-state index in [1.165, 1.54) is 6.92 Å². The molecule has 0 bridgehead atoms. The summed E-state index contributed by atoms with van der Waals surface area (Å²) in [5.74, 6) is -0.0532. The Morgan fingerprint density at radius 3 is 2.19 bits per heavy atom. The largest absolute Gasteiger partial charge is 0.314 e. The van der Waals surface area contributed by atoms with Crippen molar-refractivity contribution in [1.29, 1.82) is 0 Å². The highest BCUT2D eigenvalue weighted by molar-refractivity contribution is 5.95. The van der Waals surface area contributed by atoms with Crippen molar-refractivity contribution in [1.82, 2.24) is 19.4 Å². The quantitative estimate of drug-likeness (QED) is 0.572. The second-order valence-corrected chi connectivity index (χ2v) is 8.37. The fourth-order valence-corrected chi connectivity index (χ4v) is 2.68. The first-order valence-electron chi connectivity index (χ1n) is 10.5. The highest BCUT2D eigenvalue weighted by atomic mass is 16.1. The van der Waals surface area contributed by atoms with Crippen molar-refractivity contribution < 1.29 is 9.59 Å². The number of ketones is 2. The molecule has 7 heteroatoms. The molecule has 0 aromatic carbocycles. The topological polar surface area (TPSA) is 75.5 Å². The first kappa shape index (κ1) is 26.4. The summed E-state index contributed by atoms with van der Waals surface area (Å²) in [6.45, 7) is 7.54. The average molecular weight is 429 g/mol. The number of rotatable bonds is 9. The Balaban J connectivity index is 0.000000311. The smallest absolute Gasteiger partial charge is 0.261 e. The van der Waals surface area contributed by atoms with E-state index in [1.54, 1.807) is 29.0 Å². The minimum atomic E-state index is -0.202.